The molecule has 3 aromatic rings. The first-order chi connectivity index (χ1) is 13.4. The van der Waals surface area contributed by atoms with Gasteiger partial charge in [0, 0.05) is 16.7 Å². The summed E-state index contributed by atoms with van der Waals surface area (Å²) >= 11 is 12.7. The topological polar surface area (TPSA) is 33.5 Å². The van der Waals surface area contributed by atoms with Crippen LogP contribution in [0.2, 0.25) is 5.02 Å². The Balaban J connectivity index is 1.62. The molecular weight excluding hydrogens is 410 g/mol. The highest BCUT2D eigenvalue weighted by atomic mass is 35.5. The van der Waals surface area contributed by atoms with Gasteiger partial charge in [-0.15, -0.1) is 0 Å². The fraction of sp³-hybridized carbons (Fsp3) is 0.0909. The van der Waals surface area contributed by atoms with Gasteiger partial charge in [0.25, 0.3) is 5.91 Å². The van der Waals surface area contributed by atoms with E-state index in [4.69, 9.17) is 28.2 Å². The summed E-state index contributed by atoms with van der Waals surface area (Å²) in [6, 6.07) is 17.1. The van der Waals surface area contributed by atoms with Gasteiger partial charge >= 0.3 is 0 Å². The van der Waals surface area contributed by atoms with Crippen LogP contribution in [0.3, 0.4) is 0 Å². The van der Waals surface area contributed by atoms with Gasteiger partial charge in [-0.2, -0.15) is 0 Å². The summed E-state index contributed by atoms with van der Waals surface area (Å²) in [6.45, 7) is 4.01. The van der Waals surface area contributed by atoms with Crippen LogP contribution in [0, 0.1) is 13.8 Å². The third kappa shape index (κ3) is 3.65. The summed E-state index contributed by atoms with van der Waals surface area (Å²) in [5.74, 6) is 1.19. The molecule has 28 heavy (non-hydrogen) atoms. The van der Waals surface area contributed by atoms with E-state index in [0.29, 0.717) is 25.8 Å². The van der Waals surface area contributed by atoms with E-state index in [1.54, 1.807) is 11.0 Å². The zero-order chi connectivity index (χ0) is 19.8. The Hall–Kier alpha value is -2.34. The molecule has 140 valence electrons. The maximum atomic E-state index is 13.0. The number of aryl methyl sites for hydroxylation is 2. The molecule has 0 unspecified atom stereocenters. The van der Waals surface area contributed by atoms with Gasteiger partial charge < -0.3 is 4.42 Å². The highest BCUT2D eigenvalue weighted by Crippen LogP contribution is 2.38. The number of hydrogen-bond donors (Lipinski definition) is 0. The molecule has 0 saturated carbocycles. The van der Waals surface area contributed by atoms with Gasteiger partial charge in [0.1, 0.15) is 11.5 Å². The number of carbonyl (C=O) groups excluding carboxylic acids is 1. The molecule has 1 saturated heterocycles. The highest BCUT2D eigenvalue weighted by molar-refractivity contribution is 8.27. The first kappa shape index (κ1) is 19.0. The Labute approximate surface area is 178 Å². The smallest absolute Gasteiger partial charge is 0.270 e. The van der Waals surface area contributed by atoms with Crippen LogP contribution in [-0.2, 0) is 4.79 Å². The van der Waals surface area contributed by atoms with E-state index in [9.17, 15) is 4.79 Å². The van der Waals surface area contributed by atoms with E-state index >= 15 is 0 Å². The van der Waals surface area contributed by atoms with Crippen molar-refractivity contribution in [1.29, 1.82) is 0 Å². The van der Waals surface area contributed by atoms with Crippen LogP contribution in [0.1, 0.15) is 16.9 Å². The summed E-state index contributed by atoms with van der Waals surface area (Å²) in [5, 5.41) is 0.672. The maximum absolute atomic E-state index is 13.0. The van der Waals surface area contributed by atoms with Gasteiger partial charge in [0.15, 0.2) is 4.32 Å². The summed E-state index contributed by atoms with van der Waals surface area (Å²) in [7, 11) is 0. The van der Waals surface area contributed by atoms with E-state index in [0.717, 1.165) is 22.4 Å². The third-order valence-corrected chi connectivity index (χ3v) is 5.97. The highest BCUT2D eigenvalue weighted by Gasteiger charge is 2.34. The molecular formula is C22H16ClNO2S2. The second kappa shape index (κ2) is 7.59. The van der Waals surface area contributed by atoms with Crippen LogP contribution in [0.5, 0.6) is 0 Å². The van der Waals surface area contributed by atoms with Gasteiger partial charge in [0.2, 0.25) is 0 Å². The molecule has 1 aliphatic rings. The summed E-state index contributed by atoms with van der Waals surface area (Å²) in [4.78, 5) is 15.1. The second-order valence-electron chi connectivity index (χ2n) is 6.52. The molecule has 2 aromatic carbocycles. The number of thiocarbonyl (C=S) groups is 1. The molecule has 1 aliphatic heterocycles. The lowest BCUT2D eigenvalue weighted by molar-refractivity contribution is -0.113. The monoisotopic (exact) mass is 425 g/mol. The molecule has 0 radical (unpaired) electrons. The number of carbonyl (C=O) groups is 1. The van der Waals surface area contributed by atoms with E-state index in [1.807, 2.05) is 68.4 Å². The predicted molar refractivity (Wildman–Crippen MR) is 121 cm³/mol. The van der Waals surface area contributed by atoms with Gasteiger partial charge in [-0.1, -0.05) is 53.3 Å². The first-order valence-corrected chi connectivity index (χ1v) is 10.2. The average Bonchev–Trinajstić information content (AvgIpc) is 3.22. The largest absolute Gasteiger partial charge is 0.457 e. The Bertz CT molecular complexity index is 1120. The van der Waals surface area contributed by atoms with Crippen molar-refractivity contribution in [3.05, 3.63) is 81.4 Å². The minimum atomic E-state index is -0.133. The van der Waals surface area contributed by atoms with Crippen LogP contribution < -0.4 is 4.90 Å². The van der Waals surface area contributed by atoms with Gasteiger partial charge in [-0.25, -0.2) is 0 Å². The molecule has 0 N–H and O–H groups in total. The van der Waals surface area contributed by atoms with E-state index in [1.165, 1.54) is 11.8 Å². The number of hydrogen-bond acceptors (Lipinski definition) is 4. The quantitative estimate of drug-likeness (QED) is 0.348. The van der Waals surface area contributed by atoms with E-state index in [-0.39, 0.29) is 5.91 Å². The van der Waals surface area contributed by atoms with Crippen molar-refractivity contribution >= 4 is 57.6 Å². The SMILES string of the molecule is Cc1ccc(N2C(=O)/C(=C/c3ccc(-c4ccc(Cl)cc4)o3)SC2=S)c(C)c1. The zero-order valence-electron chi connectivity index (χ0n) is 15.2. The maximum Gasteiger partial charge on any atom is 0.270 e. The van der Waals surface area contributed by atoms with Crippen LogP contribution >= 0.6 is 35.6 Å². The number of amides is 1. The molecule has 3 nitrogen and oxygen atoms in total. The predicted octanol–water partition coefficient (Wildman–Crippen LogP) is 6.62. The number of furan rings is 1. The molecule has 1 fully saturated rings. The molecule has 6 heteroatoms. The van der Waals surface area contributed by atoms with Gasteiger partial charge in [0.05, 0.1) is 10.6 Å². The number of benzene rings is 2. The van der Waals surface area contributed by atoms with E-state index < -0.39 is 0 Å². The molecule has 0 bridgehead atoms. The number of rotatable bonds is 3. The van der Waals surface area contributed by atoms with Gasteiger partial charge in [-0.3, -0.25) is 9.69 Å². The Morgan fingerprint density at radius 3 is 2.54 bits per heavy atom. The molecule has 0 aliphatic carbocycles. The lowest BCUT2D eigenvalue weighted by Gasteiger charge is -2.17. The molecule has 0 atom stereocenters. The van der Waals surface area contributed by atoms with Crippen LogP contribution in [0.4, 0.5) is 5.69 Å². The standard InChI is InChI=1S/C22H16ClNO2S2/c1-13-3-9-18(14(2)11-13)24-21(25)20(28-22(24)27)12-17-8-10-19(26-17)15-4-6-16(23)7-5-15/h3-12H,1-2H3/b20-12-. The van der Waals surface area contributed by atoms with Crippen molar-refractivity contribution < 1.29 is 9.21 Å². The fourth-order valence-electron chi connectivity index (χ4n) is 3.06. The van der Waals surface area contributed by atoms with Crippen molar-refractivity contribution in [2.45, 2.75) is 13.8 Å². The number of halogens is 1. The molecule has 2 heterocycles. The lowest BCUT2D eigenvalue weighted by Crippen LogP contribution is -2.28. The zero-order valence-corrected chi connectivity index (χ0v) is 17.6. The molecule has 1 amide bonds. The molecule has 1 aromatic heterocycles. The van der Waals surface area contributed by atoms with Gasteiger partial charge in [-0.05, 0) is 61.9 Å². The minimum absolute atomic E-state index is 0.133. The second-order valence-corrected chi connectivity index (χ2v) is 8.63. The summed E-state index contributed by atoms with van der Waals surface area (Å²) in [6.07, 6.45) is 1.74. The average molecular weight is 426 g/mol. The Kier molecular flexibility index (Phi) is 5.15. The number of nitrogens with zero attached hydrogens (tertiary/aromatic N) is 1. The third-order valence-electron chi connectivity index (χ3n) is 4.42. The van der Waals surface area contributed by atoms with Crippen molar-refractivity contribution in [3.8, 4) is 11.3 Å². The molecule has 4 rings (SSSR count). The van der Waals surface area contributed by atoms with E-state index in [2.05, 4.69) is 0 Å². The number of thioether (sulfide) groups is 1. The Morgan fingerprint density at radius 2 is 1.82 bits per heavy atom. The fourth-order valence-corrected chi connectivity index (χ4v) is 4.45. The minimum Gasteiger partial charge on any atom is -0.457 e. The normalized spacial score (nSPS) is 15.7. The molecule has 0 spiro atoms. The number of anilines is 1. The van der Waals surface area contributed by atoms with Crippen molar-refractivity contribution in [3.63, 3.8) is 0 Å². The summed E-state index contributed by atoms with van der Waals surface area (Å²) in [5.41, 5.74) is 3.90. The first-order valence-electron chi connectivity index (χ1n) is 8.63. The lowest BCUT2D eigenvalue weighted by atomic mass is 10.1. The summed E-state index contributed by atoms with van der Waals surface area (Å²) < 4.78 is 6.41. The van der Waals surface area contributed by atoms with Crippen molar-refractivity contribution in [2.24, 2.45) is 0 Å². The van der Waals surface area contributed by atoms with Crippen molar-refractivity contribution in [2.75, 3.05) is 4.90 Å². The van der Waals surface area contributed by atoms with Crippen LogP contribution in [0.15, 0.2) is 63.9 Å². The van der Waals surface area contributed by atoms with Crippen LogP contribution in [0.25, 0.3) is 17.4 Å². The Morgan fingerprint density at radius 1 is 1.07 bits per heavy atom. The van der Waals surface area contributed by atoms with Crippen LogP contribution in [-0.4, -0.2) is 10.2 Å². The van der Waals surface area contributed by atoms with Crippen molar-refractivity contribution in [1.82, 2.24) is 0 Å².